The fraction of sp³-hybridized carbons (Fsp3) is 0.154. The van der Waals surface area contributed by atoms with Gasteiger partial charge in [0, 0.05) is 11.9 Å². The van der Waals surface area contributed by atoms with Crippen LogP contribution >= 0.6 is 0 Å². The summed E-state index contributed by atoms with van der Waals surface area (Å²) in [5.41, 5.74) is 1.36. The molecule has 0 saturated carbocycles. The second kappa shape index (κ2) is 4.10. The fourth-order valence-corrected chi connectivity index (χ4v) is 2.04. The first kappa shape index (κ1) is 10.7. The summed E-state index contributed by atoms with van der Waals surface area (Å²) in [6.45, 7) is 1.38. The van der Waals surface area contributed by atoms with Gasteiger partial charge in [0.15, 0.2) is 5.69 Å². The number of rotatable bonds is 2. The van der Waals surface area contributed by atoms with Gasteiger partial charge < -0.3 is 10.0 Å². The molecule has 90 valence electrons. The number of fused-ring (bicyclic) bond motifs is 1. The number of aromatic nitrogens is 1. The maximum absolute atomic E-state index is 11.3. The third kappa shape index (κ3) is 1.69. The summed E-state index contributed by atoms with van der Waals surface area (Å²) in [7, 11) is 0. The third-order valence-corrected chi connectivity index (χ3v) is 2.91. The molecular weight excluding hydrogens is 230 g/mol. The minimum Gasteiger partial charge on any atom is -0.476 e. The maximum Gasteiger partial charge on any atom is 0.356 e. The number of carbonyl (C=O) groups is 1. The number of hydrogen-bond acceptors (Lipinski definition) is 4. The van der Waals surface area contributed by atoms with E-state index in [1.54, 1.807) is 6.34 Å². The molecule has 0 bridgehead atoms. The number of benzene rings is 1. The van der Waals surface area contributed by atoms with Crippen molar-refractivity contribution in [2.24, 2.45) is 4.99 Å². The Kier molecular flexibility index (Phi) is 2.44. The first-order valence-electron chi connectivity index (χ1n) is 5.65. The first-order valence-corrected chi connectivity index (χ1v) is 5.65. The van der Waals surface area contributed by atoms with Gasteiger partial charge in [0.2, 0.25) is 0 Å². The topological polar surface area (TPSA) is 65.8 Å². The van der Waals surface area contributed by atoms with E-state index in [4.69, 9.17) is 0 Å². The number of carboxylic acids is 1. The van der Waals surface area contributed by atoms with E-state index < -0.39 is 5.97 Å². The summed E-state index contributed by atoms with van der Waals surface area (Å²) in [6.07, 6.45) is 1.66. The average molecular weight is 241 g/mol. The maximum atomic E-state index is 11.3. The van der Waals surface area contributed by atoms with Gasteiger partial charge in [0.25, 0.3) is 0 Å². The van der Waals surface area contributed by atoms with E-state index in [1.165, 1.54) is 0 Å². The van der Waals surface area contributed by atoms with Crippen molar-refractivity contribution in [2.75, 3.05) is 18.0 Å². The summed E-state index contributed by atoms with van der Waals surface area (Å²) < 4.78 is 0. The van der Waals surface area contributed by atoms with Crippen LogP contribution in [-0.2, 0) is 0 Å². The second-order valence-corrected chi connectivity index (χ2v) is 4.07. The summed E-state index contributed by atoms with van der Waals surface area (Å²) in [4.78, 5) is 21.4. The Hall–Kier alpha value is -2.43. The minimum absolute atomic E-state index is 0.0713. The Bertz CT molecular complexity index is 652. The largest absolute Gasteiger partial charge is 0.476 e. The van der Waals surface area contributed by atoms with Gasteiger partial charge >= 0.3 is 5.97 Å². The molecule has 0 unspecified atom stereocenters. The van der Waals surface area contributed by atoms with E-state index in [9.17, 15) is 9.90 Å². The number of nitrogens with zero attached hydrogens (tertiary/aromatic N) is 3. The van der Waals surface area contributed by atoms with Crippen molar-refractivity contribution in [2.45, 2.75) is 0 Å². The van der Waals surface area contributed by atoms with Crippen molar-refractivity contribution in [1.29, 1.82) is 0 Å². The summed E-state index contributed by atoms with van der Waals surface area (Å²) in [5.74, 6) is -1.02. The highest BCUT2D eigenvalue weighted by molar-refractivity contribution is 6.00. The van der Waals surface area contributed by atoms with E-state index in [-0.39, 0.29) is 5.69 Å². The van der Waals surface area contributed by atoms with Crippen molar-refractivity contribution in [3.63, 3.8) is 0 Å². The SMILES string of the molecule is O=C(O)c1nc2ccccc2cc1N1C=NCC1. The summed E-state index contributed by atoms with van der Waals surface area (Å²) >= 11 is 0. The number of para-hydroxylation sites is 1. The van der Waals surface area contributed by atoms with Crippen LogP contribution in [0.1, 0.15) is 10.5 Å². The standard InChI is InChI=1S/C13H11N3O2/c17-13(18)12-11(16-6-5-14-8-16)7-9-3-1-2-4-10(9)15-12/h1-4,7-8H,5-6H2,(H,17,18). The molecule has 0 amide bonds. The Morgan fingerprint density at radius 3 is 2.89 bits per heavy atom. The van der Waals surface area contributed by atoms with Crippen LogP contribution in [0.3, 0.4) is 0 Å². The zero-order valence-corrected chi connectivity index (χ0v) is 9.58. The Balaban J connectivity index is 2.23. The van der Waals surface area contributed by atoms with Crippen LogP contribution in [0.15, 0.2) is 35.3 Å². The smallest absolute Gasteiger partial charge is 0.356 e. The molecule has 1 aliphatic rings. The van der Waals surface area contributed by atoms with E-state index in [0.29, 0.717) is 24.3 Å². The lowest BCUT2D eigenvalue weighted by Gasteiger charge is -2.16. The molecule has 1 aromatic carbocycles. The monoisotopic (exact) mass is 241 g/mol. The summed E-state index contributed by atoms with van der Waals surface area (Å²) in [6, 6.07) is 9.34. The molecule has 1 aromatic heterocycles. The Labute approximate surface area is 103 Å². The highest BCUT2D eigenvalue weighted by Crippen LogP contribution is 2.24. The van der Waals surface area contributed by atoms with Gasteiger partial charge in [-0.05, 0) is 12.1 Å². The van der Waals surface area contributed by atoms with Gasteiger partial charge in [-0.15, -0.1) is 0 Å². The highest BCUT2D eigenvalue weighted by Gasteiger charge is 2.19. The Morgan fingerprint density at radius 2 is 2.17 bits per heavy atom. The molecule has 5 nitrogen and oxygen atoms in total. The van der Waals surface area contributed by atoms with Crippen molar-refractivity contribution < 1.29 is 9.90 Å². The molecule has 2 aromatic rings. The molecule has 1 N–H and O–H groups in total. The van der Waals surface area contributed by atoms with E-state index in [2.05, 4.69) is 9.98 Å². The van der Waals surface area contributed by atoms with Gasteiger partial charge in [-0.3, -0.25) is 4.99 Å². The molecule has 0 saturated heterocycles. The first-order chi connectivity index (χ1) is 8.75. The van der Waals surface area contributed by atoms with E-state index in [1.807, 2.05) is 35.2 Å². The van der Waals surface area contributed by atoms with Crippen molar-refractivity contribution in [1.82, 2.24) is 4.98 Å². The van der Waals surface area contributed by atoms with Crippen LogP contribution in [0.4, 0.5) is 5.69 Å². The lowest BCUT2D eigenvalue weighted by Crippen LogP contribution is -2.21. The number of anilines is 1. The van der Waals surface area contributed by atoms with Crippen LogP contribution < -0.4 is 4.90 Å². The second-order valence-electron chi connectivity index (χ2n) is 4.07. The van der Waals surface area contributed by atoms with Crippen LogP contribution in [0, 0.1) is 0 Å². The minimum atomic E-state index is -1.02. The number of carboxylic acid groups (broad SMARTS) is 1. The van der Waals surface area contributed by atoms with Gasteiger partial charge in [-0.2, -0.15) is 0 Å². The molecular formula is C13H11N3O2. The van der Waals surface area contributed by atoms with Gasteiger partial charge in [0.05, 0.1) is 24.1 Å². The van der Waals surface area contributed by atoms with E-state index in [0.717, 1.165) is 5.39 Å². The van der Waals surface area contributed by atoms with Crippen LogP contribution in [0.2, 0.25) is 0 Å². The van der Waals surface area contributed by atoms with Gasteiger partial charge in [0.1, 0.15) is 0 Å². The van der Waals surface area contributed by atoms with Crippen molar-refractivity contribution >= 4 is 28.9 Å². The fourth-order valence-electron chi connectivity index (χ4n) is 2.04. The molecule has 3 rings (SSSR count). The molecule has 0 spiro atoms. The lowest BCUT2D eigenvalue weighted by molar-refractivity contribution is 0.0692. The highest BCUT2D eigenvalue weighted by atomic mass is 16.4. The molecule has 0 atom stereocenters. The van der Waals surface area contributed by atoms with E-state index >= 15 is 0 Å². The molecule has 0 aliphatic carbocycles. The van der Waals surface area contributed by atoms with Crippen molar-refractivity contribution in [3.05, 3.63) is 36.0 Å². The van der Waals surface area contributed by atoms with Crippen LogP contribution in [0.25, 0.3) is 10.9 Å². The zero-order valence-electron chi connectivity index (χ0n) is 9.58. The predicted octanol–water partition coefficient (Wildman–Crippen LogP) is 1.78. The molecule has 0 fully saturated rings. The van der Waals surface area contributed by atoms with Crippen molar-refractivity contribution in [3.8, 4) is 0 Å². The molecule has 5 heteroatoms. The summed E-state index contributed by atoms with van der Waals surface area (Å²) in [5, 5.41) is 10.2. The normalized spacial score (nSPS) is 14.3. The van der Waals surface area contributed by atoms with Gasteiger partial charge in [-0.25, -0.2) is 9.78 Å². The zero-order chi connectivity index (χ0) is 12.5. The number of pyridine rings is 1. The molecule has 0 radical (unpaired) electrons. The molecule has 2 heterocycles. The molecule has 18 heavy (non-hydrogen) atoms. The van der Waals surface area contributed by atoms with Crippen LogP contribution in [0.5, 0.6) is 0 Å². The average Bonchev–Trinajstić information content (AvgIpc) is 2.91. The lowest BCUT2D eigenvalue weighted by atomic mass is 10.1. The quantitative estimate of drug-likeness (QED) is 0.870. The Morgan fingerprint density at radius 1 is 1.33 bits per heavy atom. The van der Waals surface area contributed by atoms with Crippen LogP contribution in [-0.4, -0.2) is 35.5 Å². The number of aromatic carboxylic acids is 1. The third-order valence-electron chi connectivity index (χ3n) is 2.91. The predicted molar refractivity (Wildman–Crippen MR) is 69.4 cm³/mol. The number of hydrogen-bond donors (Lipinski definition) is 1. The molecule has 1 aliphatic heterocycles. The number of aliphatic imine (C=N–C) groups is 1. The van der Waals surface area contributed by atoms with Gasteiger partial charge in [-0.1, -0.05) is 18.2 Å².